The fraction of sp³-hybridized carbons (Fsp3) is 0.421. The SMILES string of the molecule is CC(=O)c1c(N2CC[NH+](CCO)CC2)nc(=S)n(-c2ccccc2)c1C. The number of carbonyl (C=O) groups is 1. The van der Waals surface area contributed by atoms with Crippen molar-refractivity contribution in [3.63, 3.8) is 0 Å². The number of anilines is 1. The van der Waals surface area contributed by atoms with Crippen LogP contribution in [0, 0.1) is 11.7 Å². The molecule has 1 fully saturated rings. The molecule has 1 aromatic heterocycles. The standard InChI is InChI=1S/C19H24N4O2S/c1-14-17(15(2)25)18(22-10-8-21(9-11-22)12-13-24)20-19(26)23(14)16-6-4-3-5-7-16/h3-7,24H,8-13H2,1-2H3/p+1. The van der Waals surface area contributed by atoms with Gasteiger partial charge in [0.25, 0.3) is 0 Å². The Bertz CT molecular complexity index is 843. The van der Waals surface area contributed by atoms with E-state index in [1.165, 1.54) is 4.90 Å². The molecule has 0 spiro atoms. The molecule has 1 saturated heterocycles. The Kier molecular flexibility index (Phi) is 5.80. The van der Waals surface area contributed by atoms with E-state index in [-0.39, 0.29) is 12.4 Å². The molecule has 0 bridgehead atoms. The van der Waals surface area contributed by atoms with Gasteiger partial charge in [-0.25, -0.2) is 4.98 Å². The molecule has 2 N–H and O–H groups in total. The topological polar surface area (TPSA) is 62.8 Å². The normalized spacial score (nSPS) is 15.3. The second-order valence-electron chi connectivity index (χ2n) is 6.62. The first-order valence-electron chi connectivity index (χ1n) is 8.92. The van der Waals surface area contributed by atoms with Gasteiger partial charge in [-0.1, -0.05) is 18.2 Å². The Morgan fingerprint density at radius 1 is 1.27 bits per heavy atom. The average molecular weight is 374 g/mol. The lowest BCUT2D eigenvalue weighted by atomic mass is 10.1. The number of benzene rings is 1. The molecule has 0 aliphatic carbocycles. The van der Waals surface area contributed by atoms with Crippen LogP contribution in [0.15, 0.2) is 30.3 Å². The van der Waals surface area contributed by atoms with E-state index in [0.29, 0.717) is 16.2 Å². The van der Waals surface area contributed by atoms with E-state index in [9.17, 15) is 4.79 Å². The van der Waals surface area contributed by atoms with Crippen LogP contribution in [-0.2, 0) is 0 Å². The van der Waals surface area contributed by atoms with E-state index in [0.717, 1.165) is 44.1 Å². The lowest BCUT2D eigenvalue weighted by molar-refractivity contribution is -0.900. The number of carbonyl (C=O) groups excluding carboxylic acids is 1. The maximum absolute atomic E-state index is 12.4. The fourth-order valence-electron chi connectivity index (χ4n) is 3.58. The van der Waals surface area contributed by atoms with Crippen LogP contribution in [0.3, 0.4) is 0 Å². The van der Waals surface area contributed by atoms with Gasteiger partial charge < -0.3 is 14.9 Å². The predicted octanol–water partition coefficient (Wildman–Crippen LogP) is 0.810. The first kappa shape index (κ1) is 18.7. The number of nitrogens with one attached hydrogen (secondary N) is 1. The van der Waals surface area contributed by atoms with Gasteiger partial charge in [0.05, 0.1) is 38.3 Å². The Morgan fingerprint density at radius 3 is 2.50 bits per heavy atom. The first-order chi connectivity index (χ1) is 12.5. The number of rotatable bonds is 5. The molecule has 26 heavy (non-hydrogen) atoms. The van der Waals surface area contributed by atoms with E-state index < -0.39 is 0 Å². The number of Topliss-reactive ketones (excluding diaryl/α,β-unsaturated/α-hetero) is 1. The molecular weight excluding hydrogens is 348 g/mol. The second kappa shape index (κ2) is 8.07. The maximum Gasteiger partial charge on any atom is 0.206 e. The summed E-state index contributed by atoms with van der Waals surface area (Å²) in [6, 6.07) is 9.77. The van der Waals surface area contributed by atoms with Crippen LogP contribution in [-0.4, -0.2) is 59.8 Å². The second-order valence-corrected chi connectivity index (χ2v) is 6.98. The van der Waals surface area contributed by atoms with E-state index in [1.807, 2.05) is 41.8 Å². The molecule has 1 aromatic carbocycles. The minimum Gasteiger partial charge on any atom is -0.391 e. The number of piperazine rings is 1. The molecule has 0 radical (unpaired) electrons. The van der Waals surface area contributed by atoms with Crippen molar-refractivity contribution in [2.24, 2.45) is 0 Å². The van der Waals surface area contributed by atoms with E-state index in [4.69, 9.17) is 17.3 Å². The Balaban J connectivity index is 2.02. The highest BCUT2D eigenvalue weighted by Gasteiger charge is 2.26. The van der Waals surface area contributed by atoms with Gasteiger partial charge in [0, 0.05) is 11.4 Å². The summed E-state index contributed by atoms with van der Waals surface area (Å²) >= 11 is 5.56. The number of aromatic nitrogens is 2. The van der Waals surface area contributed by atoms with Gasteiger partial charge in [0.15, 0.2) is 5.78 Å². The number of hydrogen-bond donors (Lipinski definition) is 2. The van der Waals surface area contributed by atoms with Crippen LogP contribution in [0.25, 0.3) is 5.69 Å². The molecule has 0 saturated carbocycles. The summed E-state index contributed by atoms with van der Waals surface area (Å²) in [7, 11) is 0. The molecule has 0 amide bonds. The molecule has 0 atom stereocenters. The molecule has 7 heteroatoms. The summed E-state index contributed by atoms with van der Waals surface area (Å²) in [5.74, 6) is 0.685. The van der Waals surface area contributed by atoms with Crippen LogP contribution >= 0.6 is 12.2 Å². The zero-order valence-corrected chi connectivity index (χ0v) is 16.1. The average Bonchev–Trinajstić information content (AvgIpc) is 2.62. The molecule has 3 rings (SSSR count). The maximum atomic E-state index is 12.4. The van der Waals surface area contributed by atoms with Crippen LogP contribution in [0.2, 0.25) is 0 Å². The summed E-state index contributed by atoms with van der Waals surface area (Å²) < 4.78 is 2.32. The van der Waals surface area contributed by atoms with Crippen molar-refractivity contribution in [2.45, 2.75) is 13.8 Å². The number of hydrogen-bond acceptors (Lipinski definition) is 5. The number of nitrogens with zero attached hydrogens (tertiary/aromatic N) is 3. The number of aliphatic hydroxyl groups is 1. The minimum atomic E-state index is -0.00480. The smallest absolute Gasteiger partial charge is 0.206 e. The third-order valence-corrected chi connectivity index (χ3v) is 5.19. The fourth-order valence-corrected chi connectivity index (χ4v) is 3.91. The summed E-state index contributed by atoms with van der Waals surface area (Å²) in [6.07, 6.45) is 0. The summed E-state index contributed by atoms with van der Waals surface area (Å²) in [5.41, 5.74) is 2.37. The number of quaternary nitrogens is 1. The van der Waals surface area contributed by atoms with Crippen LogP contribution in [0.5, 0.6) is 0 Å². The van der Waals surface area contributed by atoms with Gasteiger partial charge in [-0.15, -0.1) is 0 Å². The number of para-hydroxylation sites is 1. The van der Waals surface area contributed by atoms with Gasteiger partial charge in [-0.3, -0.25) is 9.36 Å². The van der Waals surface area contributed by atoms with Crippen molar-refractivity contribution < 1.29 is 14.8 Å². The van der Waals surface area contributed by atoms with Crippen molar-refractivity contribution in [3.8, 4) is 5.69 Å². The molecule has 0 unspecified atom stereocenters. The Morgan fingerprint density at radius 2 is 1.92 bits per heavy atom. The van der Waals surface area contributed by atoms with Crippen molar-refractivity contribution in [3.05, 3.63) is 46.4 Å². The van der Waals surface area contributed by atoms with E-state index in [2.05, 4.69) is 9.88 Å². The highest BCUT2D eigenvalue weighted by atomic mass is 32.1. The Labute approximate surface area is 158 Å². The van der Waals surface area contributed by atoms with Gasteiger partial charge in [0.1, 0.15) is 12.4 Å². The molecule has 1 aliphatic heterocycles. The highest BCUT2D eigenvalue weighted by Crippen LogP contribution is 2.25. The predicted molar refractivity (Wildman–Crippen MR) is 104 cm³/mol. The quantitative estimate of drug-likeness (QED) is 0.600. The summed E-state index contributed by atoms with van der Waals surface area (Å²) in [6.45, 7) is 7.90. The number of aliphatic hydroxyl groups excluding tert-OH is 1. The van der Waals surface area contributed by atoms with Crippen LogP contribution in [0.1, 0.15) is 23.0 Å². The zero-order valence-electron chi connectivity index (χ0n) is 15.2. The lowest BCUT2D eigenvalue weighted by Crippen LogP contribution is -3.15. The van der Waals surface area contributed by atoms with Gasteiger partial charge in [0.2, 0.25) is 4.77 Å². The third kappa shape index (κ3) is 3.70. The molecule has 138 valence electrons. The zero-order chi connectivity index (χ0) is 18.7. The van der Waals surface area contributed by atoms with Gasteiger partial charge >= 0.3 is 0 Å². The van der Waals surface area contributed by atoms with Gasteiger partial charge in [-0.05, 0) is 38.2 Å². The van der Waals surface area contributed by atoms with Crippen molar-refractivity contribution >= 4 is 23.8 Å². The third-order valence-electron chi connectivity index (χ3n) is 4.92. The number of ketones is 1. The molecule has 6 nitrogen and oxygen atoms in total. The largest absolute Gasteiger partial charge is 0.391 e. The van der Waals surface area contributed by atoms with Gasteiger partial charge in [-0.2, -0.15) is 0 Å². The summed E-state index contributed by atoms with van der Waals surface area (Å²) in [5, 5.41) is 9.12. The highest BCUT2D eigenvalue weighted by molar-refractivity contribution is 7.71. The van der Waals surface area contributed by atoms with Crippen molar-refractivity contribution in [1.82, 2.24) is 9.55 Å². The van der Waals surface area contributed by atoms with Crippen LogP contribution in [0.4, 0.5) is 5.82 Å². The first-order valence-corrected chi connectivity index (χ1v) is 9.33. The Hall–Kier alpha value is -2.09. The molecule has 2 heterocycles. The lowest BCUT2D eigenvalue weighted by Gasteiger charge is -2.34. The van der Waals surface area contributed by atoms with Crippen molar-refractivity contribution in [1.29, 1.82) is 0 Å². The molecule has 1 aliphatic rings. The summed E-state index contributed by atoms with van der Waals surface area (Å²) in [4.78, 5) is 20.6. The minimum absolute atomic E-state index is 0.00480. The molecular formula is C19H25N4O2S+. The molecule has 2 aromatic rings. The van der Waals surface area contributed by atoms with Crippen molar-refractivity contribution in [2.75, 3.05) is 44.2 Å². The monoisotopic (exact) mass is 373 g/mol. The van der Waals surface area contributed by atoms with Crippen LogP contribution < -0.4 is 9.80 Å². The van der Waals surface area contributed by atoms with E-state index in [1.54, 1.807) is 6.92 Å². The van der Waals surface area contributed by atoms with E-state index >= 15 is 0 Å².